The molecule has 3 aromatic rings. The van der Waals surface area contributed by atoms with Crippen molar-refractivity contribution in [1.29, 1.82) is 0 Å². The molecule has 2 aliphatic rings. The average molecular weight is 505 g/mol. The Labute approximate surface area is 218 Å². The Bertz CT molecular complexity index is 1320. The lowest BCUT2D eigenvalue weighted by molar-refractivity contribution is -0.129. The van der Waals surface area contributed by atoms with E-state index in [4.69, 9.17) is 0 Å². The molecule has 0 spiro atoms. The van der Waals surface area contributed by atoms with Gasteiger partial charge >= 0.3 is 0 Å². The van der Waals surface area contributed by atoms with Crippen molar-refractivity contribution >= 4 is 28.5 Å². The van der Waals surface area contributed by atoms with Gasteiger partial charge in [0.05, 0.1) is 11.8 Å². The number of pyridine rings is 1. The lowest BCUT2D eigenvalue weighted by Crippen LogP contribution is -2.33. The molecular formula is C30H37FN4O2. The molecule has 1 N–H and O–H groups in total. The zero-order valence-corrected chi connectivity index (χ0v) is 22.3. The number of fused-ring (bicyclic) bond motifs is 1. The molecule has 6 nitrogen and oxygen atoms in total. The van der Waals surface area contributed by atoms with E-state index in [-0.39, 0.29) is 35.5 Å². The highest BCUT2D eigenvalue weighted by Gasteiger charge is 2.34. The van der Waals surface area contributed by atoms with E-state index in [9.17, 15) is 14.0 Å². The third-order valence-corrected chi connectivity index (χ3v) is 8.33. The third-order valence-electron chi connectivity index (χ3n) is 8.33. The van der Waals surface area contributed by atoms with Crippen LogP contribution in [-0.4, -0.2) is 26.2 Å². The van der Waals surface area contributed by atoms with Crippen LogP contribution in [0.2, 0.25) is 0 Å². The number of rotatable bonds is 7. The van der Waals surface area contributed by atoms with Gasteiger partial charge in [0.2, 0.25) is 5.91 Å². The lowest BCUT2D eigenvalue weighted by Gasteiger charge is -2.34. The van der Waals surface area contributed by atoms with Gasteiger partial charge in [-0.3, -0.25) is 9.59 Å². The minimum Gasteiger partial charge on any atom is -0.328 e. The minimum atomic E-state index is -0.368. The number of aryl methyl sites for hydroxylation is 1. The SMILES string of the molecule is Cc1cnc(NC(=O)[C@H]2CCC[C@@H](CC(=O)C3CC(C)C3)C2)cc1-c1cc(F)c2ncn(C(C)C)c2c1. The summed E-state index contributed by atoms with van der Waals surface area (Å²) in [7, 11) is 0. The smallest absolute Gasteiger partial charge is 0.228 e. The van der Waals surface area contributed by atoms with E-state index in [1.165, 1.54) is 6.07 Å². The number of amides is 1. The van der Waals surface area contributed by atoms with Gasteiger partial charge in [-0.1, -0.05) is 13.3 Å². The van der Waals surface area contributed by atoms with Crippen LogP contribution >= 0.6 is 0 Å². The molecule has 1 aromatic carbocycles. The Kier molecular flexibility index (Phi) is 7.15. The summed E-state index contributed by atoms with van der Waals surface area (Å²) in [6.07, 6.45) is 9.60. The standard InChI is InChI=1S/C30H37FN4O2/c1-17(2)35-16-33-29-25(31)12-22(13-26(29)35)24-14-28(32-15-19(24)4)34-30(37)21-7-5-6-20(10-21)11-27(36)23-8-18(3)9-23/h12-18,20-21,23H,5-11H2,1-4H3,(H,32,34,37)/t18?,20-,21+,23?/m1/s1. The van der Waals surface area contributed by atoms with Gasteiger partial charge in [-0.15, -0.1) is 0 Å². The number of ketones is 1. The van der Waals surface area contributed by atoms with Crippen LogP contribution in [0.5, 0.6) is 0 Å². The fourth-order valence-corrected chi connectivity index (χ4v) is 6.12. The van der Waals surface area contributed by atoms with Gasteiger partial charge in [0.15, 0.2) is 5.82 Å². The van der Waals surface area contributed by atoms with E-state index in [0.29, 0.717) is 29.5 Å². The quantitative estimate of drug-likeness (QED) is 0.381. The lowest BCUT2D eigenvalue weighted by atomic mass is 9.70. The average Bonchev–Trinajstić information content (AvgIpc) is 3.28. The number of hydrogen-bond donors (Lipinski definition) is 1. The highest BCUT2D eigenvalue weighted by Crippen LogP contribution is 2.38. The first-order chi connectivity index (χ1) is 17.7. The van der Waals surface area contributed by atoms with Gasteiger partial charge in [0.1, 0.15) is 17.1 Å². The maximum absolute atomic E-state index is 14.9. The monoisotopic (exact) mass is 504 g/mol. The van der Waals surface area contributed by atoms with Gasteiger partial charge in [-0.2, -0.15) is 0 Å². The zero-order chi connectivity index (χ0) is 26.3. The van der Waals surface area contributed by atoms with E-state index in [0.717, 1.165) is 60.7 Å². The predicted octanol–water partition coefficient (Wildman–Crippen LogP) is 6.88. The molecule has 2 aliphatic carbocycles. The summed E-state index contributed by atoms with van der Waals surface area (Å²) in [6, 6.07) is 5.43. The number of halogens is 1. The summed E-state index contributed by atoms with van der Waals surface area (Å²) in [6.45, 7) is 8.21. The number of carbonyl (C=O) groups excluding carboxylic acids is 2. The maximum Gasteiger partial charge on any atom is 0.228 e. The number of nitrogens with one attached hydrogen (secondary N) is 1. The van der Waals surface area contributed by atoms with Crippen molar-refractivity contribution in [2.24, 2.45) is 23.7 Å². The maximum atomic E-state index is 14.9. The van der Waals surface area contributed by atoms with Crippen LogP contribution in [0.15, 0.2) is 30.7 Å². The van der Waals surface area contributed by atoms with Crippen LogP contribution in [0.25, 0.3) is 22.2 Å². The normalized spacial score (nSPS) is 23.7. The predicted molar refractivity (Wildman–Crippen MR) is 144 cm³/mol. The number of nitrogens with zero attached hydrogens (tertiary/aromatic N) is 3. The van der Waals surface area contributed by atoms with Crippen molar-refractivity contribution in [1.82, 2.24) is 14.5 Å². The van der Waals surface area contributed by atoms with E-state index >= 15 is 0 Å². The van der Waals surface area contributed by atoms with Crippen molar-refractivity contribution in [2.45, 2.75) is 78.7 Å². The summed E-state index contributed by atoms with van der Waals surface area (Å²) >= 11 is 0. The number of anilines is 1. The molecule has 196 valence electrons. The number of imidazole rings is 1. The molecule has 2 saturated carbocycles. The van der Waals surface area contributed by atoms with Crippen LogP contribution in [-0.2, 0) is 9.59 Å². The molecule has 2 aromatic heterocycles. The molecule has 0 saturated heterocycles. The molecule has 0 bridgehead atoms. The summed E-state index contributed by atoms with van der Waals surface area (Å²) in [4.78, 5) is 34.5. The molecule has 2 atom stereocenters. The molecule has 0 radical (unpaired) electrons. The van der Waals surface area contributed by atoms with Gasteiger partial charge < -0.3 is 9.88 Å². The van der Waals surface area contributed by atoms with Crippen molar-refractivity contribution in [3.05, 3.63) is 42.1 Å². The minimum absolute atomic E-state index is 0.0452. The first-order valence-corrected chi connectivity index (χ1v) is 13.7. The Morgan fingerprint density at radius 1 is 1.11 bits per heavy atom. The first-order valence-electron chi connectivity index (χ1n) is 13.7. The Morgan fingerprint density at radius 3 is 2.62 bits per heavy atom. The van der Waals surface area contributed by atoms with Crippen molar-refractivity contribution in [3.63, 3.8) is 0 Å². The fraction of sp³-hybridized carbons (Fsp3) is 0.533. The van der Waals surface area contributed by atoms with Crippen molar-refractivity contribution in [3.8, 4) is 11.1 Å². The Hall–Kier alpha value is -3.09. The molecule has 2 fully saturated rings. The van der Waals surface area contributed by atoms with Gasteiger partial charge in [-0.25, -0.2) is 14.4 Å². The molecular weight excluding hydrogens is 467 g/mol. The van der Waals surface area contributed by atoms with Gasteiger partial charge in [-0.05, 0) is 99.6 Å². The molecule has 7 heteroatoms. The number of hydrogen-bond acceptors (Lipinski definition) is 4. The number of Topliss-reactive ketones (excluding diaryl/α,β-unsaturated/α-hetero) is 1. The van der Waals surface area contributed by atoms with Crippen LogP contribution in [0.4, 0.5) is 10.2 Å². The van der Waals surface area contributed by atoms with Crippen LogP contribution in [0.1, 0.15) is 77.3 Å². The van der Waals surface area contributed by atoms with E-state index in [1.807, 2.05) is 37.5 Å². The highest BCUT2D eigenvalue weighted by molar-refractivity contribution is 5.93. The topological polar surface area (TPSA) is 76.9 Å². The summed E-state index contributed by atoms with van der Waals surface area (Å²) in [5, 5.41) is 3.00. The number of carbonyl (C=O) groups is 2. The number of aromatic nitrogens is 3. The van der Waals surface area contributed by atoms with E-state index in [1.54, 1.807) is 12.5 Å². The molecule has 37 heavy (non-hydrogen) atoms. The van der Waals surface area contributed by atoms with Crippen LogP contribution in [0, 0.1) is 36.4 Å². The summed E-state index contributed by atoms with van der Waals surface area (Å²) in [5.74, 6) is 1.51. The molecule has 0 aliphatic heterocycles. The van der Waals surface area contributed by atoms with E-state index in [2.05, 4.69) is 22.2 Å². The largest absolute Gasteiger partial charge is 0.328 e. The second-order valence-corrected chi connectivity index (χ2v) is 11.6. The van der Waals surface area contributed by atoms with Gasteiger partial charge in [0.25, 0.3) is 0 Å². The molecule has 1 amide bonds. The zero-order valence-electron chi connectivity index (χ0n) is 22.3. The van der Waals surface area contributed by atoms with Gasteiger partial charge in [0, 0.05) is 30.5 Å². The van der Waals surface area contributed by atoms with Crippen LogP contribution in [0.3, 0.4) is 0 Å². The first kappa shape index (κ1) is 25.6. The Balaban J connectivity index is 1.30. The summed E-state index contributed by atoms with van der Waals surface area (Å²) in [5.41, 5.74) is 3.54. The molecule has 2 heterocycles. The second kappa shape index (κ2) is 10.3. The highest BCUT2D eigenvalue weighted by atomic mass is 19.1. The molecule has 5 rings (SSSR count). The second-order valence-electron chi connectivity index (χ2n) is 11.6. The Morgan fingerprint density at radius 2 is 1.89 bits per heavy atom. The van der Waals surface area contributed by atoms with Crippen LogP contribution < -0.4 is 5.32 Å². The molecule has 0 unspecified atom stereocenters. The fourth-order valence-electron chi connectivity index (χ4n) is 6.12. The third kappa shape index (κ3) is 5.32. The van der Waals surface area contributed by atoms with E-state index < -0.39 is 0 Å². The number of benzene rings is 1. The van der Waals surface area contributed by atoms with Crippen molar-refractivity contribution < 1.29 is 14.0 Å². The summed E-state index contributed by atoms with van der Waals surface area (Å²) < 4.78 is 16.9. The van der Waals surface area contributed by atoms with Crippen molar-refractivity contribution in [2.75, 3.05) is 5.32 Å².